The lowest BCUT2D eigenvalue weighted by Crippen LogP contribution is -2.52. The van der Waals surface area contributed by atoms with Crippen LogP contribution in [-0.2, 0) is 9.84 Å². The van der Waals surface area contributed by atoms with Gasteiger partial charge in [0.05, 0.1) is 5.75 Å². The highest BCUT2D eigenvalue weighted by molar-refractivity contribution is 7.90. The summed E-state index contributed by atoms with van der Waals surface area (Å²) >= 11 is 0. The summed E-state index contributed by atoms with van der Waals surface area (Å²) in [7, 11) is -3.09. The van der Waals surface area contributed by atoms with Gasteiger partial charge < -0.3 is 10.2 Å². The molecule has 0 aromatic carbocycles. The molecule has 0 aromatic rings. The number of rotatable bonds is 7. The molecule has 2 amide bonds. The number of nitrogens with one attached hydrogen (secondary N) is 1. The summed E-state index contributed by atoms with van der Waals surface area (Å²) in [5, 5.41) is 2.98. The summed E-state index contributed by atoms with van der Waals surface area (Å²) in [6, 6.07) is -0.0828. The molecular weight excluding hydrogens is 302 g/mol. The van der Waals surface area contributed by atoms with Crippen molar-refractivity contribution < 1.29 is 13.2 Å². The Balaban J connectivity index is 2.54. The zero-order valence-corrected chi connectivity index (χ0v) is 15.2. The Bertz CT molecular complexity index is 453. The molecule has 0 bridgehead atoms. The first-order valence-corrected chi connectivity index (χ1v) is 10.3. The third kappa shape index (κ3) is 6.12. The second-order valence-electron chi connectivity index (χ2n) is 6.19. The van der Waals surface area contributed by atoms with Gasteiger partial charge in [0, 0.05) is 31.4 Å². The molecule has 0 unspecified atom stereocenters. The molecule has 0 aromatic heterocycles. The van der Waals surface area contributed by atoms with E-state index in [9.17, 15) is 13.2 Å². The van der Waals surface area contributed by atoms with Crippen LogP contribution in [0.1, 0.15) is 40.0 Å². The van der Waals surface area contributed by atoms with Gasteiger partial charge in [-0.1, -0.05) is 13.3 Å². The van der Waals surface area contributed by atoms with Crippen molar-refractivity contribution in [3.63, 3.8) is 0 Å². The summed E-state index contributed by atoms with van der Waals surface area (Å²) in [5.41, 5.74) is 0. The van der Waals surface area contributed by atoms with E-state index in [2.05, 4.69) is 17.1 Å². The van der Waals surface area contributed by atoms with Crippen molar-refractivity contribution in [3.05, 3.63) is 0 Å². The molecule has 1 rings (SSSR count). The molecular formula is C15H31N3O3S. The molecule has 6 nitrogen and oxygen atoms in total. The first-order valence-electron chi connectivity index (χ1n) is 8.24. The summed E-state index contributed by atoms with van der Waals surface area (Å²) < 4.78 is 22.8. The van der Waals surface area contributed by atoms with Crippen LogP contribution in [0.3, 0.4) is 0 Å². The standard InChI is InChI=1S/C15H31N3O3S/c1-5-17-10-8-7-9-14(17)11-16-15(19)18(6-2)13(3)12-22(4,20)21/h13-14H,5-12H2,1-4H3,(H,16,19)/t13-,14+/m0/s1. The predicted molar refractivity (Wildman–Crippen MR) is 89.8 cm³/mol. The van der Waals surface area contributed by atoms with Gasteiger partial charge in [0.15, 0.2) is 0 Å². The number of sulfone groups is 1. The topological polar surface area (TPSA) is 69.7 Å². The number of amides is 2. The van der Waals surface area contributed by atoms with E-state index in [0.29, 0.717) is 19.1 Å². The molecule has 0 aliphatic carbocycles. The number of likely N-dealkylation sites (tertiary alicyclic amines) is 1. The lowest BCUT2D eigenvalue weighted by atomic mass is 10.0. The van der Waals surface area contributed by atoms with Gasteiger partial charge in [-0.15, -0.1) is 0 Å². The van der Waals surface area contributed by atoms with Crippen LogP contribution < -0.4 is 5.32 Å². The van der Waals surface area contributed by atoms with Crippen LogP contribution in [0.25, 0.3) is 0 Å². The molecule has 130 valence electrons. The minimum absolute atomic E-state index is 0.00122. The Morgan fingerprint density at radius 1 is 1.36 bits per heavy atom. The summed E-state index contributed by atoms with van der Waals surface area (Å²) in [4.78, 5) is 16.3. The van der Waals surface area contributed by atoms with Gasteiger partial charge in [0.1, 0.15) is 9.84 Å². The van der Waals surface area contributed by atoms with Gasteiger partial charge >= 0.3 is 6.03 Å². The summed E-state index contributed by atoms with van der Waals surface area (Å²) in [6.07, 6.45) is 4.75. The number of carbonyl (C=O) groups excluding carboxylic acids is 1. The van der Waals surface area contributed by atoms with Crippen molar-refractivity contribution in [3.8, 4) is 0 Å². The molecule has 1 saturated heterocycles. The number of urea groups is 1. The number of nitrogens with zero attached hydrogens (tertiary/aromatic N) is 2. The van der Waals surface area contributed by atoms with E-state index in [4.69, 9.17) is 0 Å². The van der Waals surface area contributed by atoms with E-state index in [-0.39, 0.29) is 17.8 Å². The number of piperidine rings is 1. The lowest BCUT2D eigenvalue weighted by Gasteiger charge is -2.36. The van der Waals surface area contributed by atoms with Crippen LogP contribution >= 0.6 is 0 Å². The maximum absolute atomic E-state index is 12.3. The van der Waals surface area contributed by atoms with Crippen molar-refractivity contribution in [1.29, 1.82) is 0 Å². The Kier molecular flexibility index (Phi) is 7.62. The zero-order valence-electron chi connectivity index (χ0n) is 14.3. The minimum Gasteiger partial charge on any atom is -0.336 e. The van der Waals surface area contributed by atoms with E-state index in [0.717, 1.165) is 19.5 Å². The molecule has 0 saturated carbocycles. The van der Waals surface area contributed by atoms with Gasteiger partial charge in [-0.25, -0.2) is 13.2 Å². The highest BCUT2D eigenvalue weighted by Gasteiger charge is 2.25. The van der Waals surface area contributed by atoms with Crippen LogP contribution in [0.2, 0.25) is 0 Å². The summed E-state index contributed by atoms with van der Waals surface area (Å²) in [6.45, 7) is 9.04. The summed E-state index contributed by atoms with van der Waals surface area (Å²) in [5.74, 6) is -0.00122. The molecule has 7 heteroatoms. The molecule has 2 atom stereocenters. The van der Waals surface area contributed by atoms with E-state index in [1.165, 1.54) is 19.1 Å². The zero-order chi connectivity index (χ0) is 16.8. The highest BCUT2D eigenvalue weighted by atomic mass is 32.2. The monoisotopic (exact) mass is 333 g/mol. The van der Waals surface area contributed by atoms with Crippen LogP contribution in [-0.4, -0.2) is 74.5 Å². The molecule has 1 fully saturated rings. The maximum Gasteiger partial charge on any atom is 0.317 e. The van der Waals surface area contributed by atoms with Crippen LogP contribution in [0, 0.1) is 0 Å². The number of hydrogen-bond donors (Lipinski definition) is 1. The average molecular weight is 333 g/mol. The maximum atomic E-state index is 12.3. The molecule has 1 N–H and O–H groups in total. The Morgan fingerprint density at radius 3 is 2.59 bits per heavy atom. The van der Waals surface area contributed by atoms with Crippen LogP contribution in [0.15, 0.2) is 0 Å². The fraction of sp³-hybridized carbons (Fsp3) is 0.933. The fourth-order valence-electron chi connectivity index (χ4n) is 3.20. The number of hydrogen-bond acceptors (Lipinski definition) is 4. The van der Waals surface area contributed by atoms with Crippen LogP contribution in [0.5, 0.6) is 0 Å². The minimum atomic E-state index is -3.09. The second-order valence-corrected chi connectivity index (χ2v) is 8.38. The van der Waals surface area contributed by atoms with E-state index in [1.54, 1.807) is 11.8 Å². The number of likely N-dealkylation sites (N-methyl/N-ethyl adjacent to an activating group) is 1. The molecule has 0 spiro atoms. The molecule has 22 heavy (non-hydrogen) atoms. The fourth-order valence-corrected chi connectivity index (χ4v) is 4.25. The van der Waals surface area contributed by atoms with Crippen LogP contribution in [0.4, 0.5) is 4.79 Å². The predicted octanol–water partition coefficient (Wildman–Crippen LogP) is 1.33. The smallest absolute Gasteiger partial charge is 0.317 e. The molecule has 0 radical (unpaired) electrons. The Labute approximate surface area is 135 Å². The van der Waals surface area contributed by atoms with Gasteiger partial charge in [0.2, 0.25) is 0 Å². The van der Waals surface area contributed by atoms with Crippen molar-refractivity contribution in [2.24, 2.45) is 0 Å². The first-order chi connectivity index (χ1) is 10.3. The SMILES string of the molecule is CCN1CCCC[C@@H]1CNC(=O)N(CC)[C@@H](C)CS(C)(=O)=O. The normalized spacial score (nSPS) is 21.4. The van der Waals surface area contributed by atoms with Crippen molar-refractivity contribution in [2.45, 2.75) is 52.1 Å². The average Bonchev–Trinajstić information content (AvgIpc) is 2.44. The Morgan fingerprint density at radius 2 is 2.05 bits per heavy atom. The van der Waals surface area contributed by atoms with Gasteiger partial charge in [-0.3, -0.25) is 4.90 Å². The third-order valence-corrected chi connectivity index (χ3v) is 5.41. The highest BCUT2D eigenvalue weighted by Crippen LogP contribution is 2.16. The van der Waals surface area contributed by atoms with E-state index >= 15 is 0 Å². The quantitative estimate of drug-likeness (QED) is 0.763. The van der Waals surface area contributed by atoms with E-state index in [1.807, 2.05) is 6.92 Å². The third-order valence-electron chi connectivity index (χ3n) is 4.32. The molecule has 1 aliphatic rings. The largest absolute Gasteiger partial charge is 0.336 e. The van der Waals surface area contributed by atoms with Gasteiger partial charge in [-0.2, -0.15) is 0 Å². The first kappa shape index (κ1) is 19.2. The van der Waals surface area contributed by atoms with Gasteiger partial charge in [-0.05, 0) is 39.8 Å². The van der Waals surface area contributed by atoms with Gasteiger partial charge in [0.25, 0.3) is 0 Å². The number of carbonyl (C=O) groups is 1. The van der Waals surface area contributed by atoms with Crippen molar-refractivity contribution in [1.82, 2.24) is 15.1 Å². The second kappa shape index (κ2) is 8.72. The van der Waals surface area contributed by atoms with E-state index < -0.39 is 9.84 Å². The Hall–Kier alpha value is -0.820. The van der Waals surface area contributed by atoms with Crippen molar-refractivity contribution in [2.75, 3.05) is 38.2 Å². The molecule has 1 aliphatic heterocycles. The lowest BCUT2D eigenvalue weighted by molar-refractivity contribution is 0.146. The molecule has 1 heterocycles. The van der Waals surface area contributed by atoms with Crippen molar-refractivity contribution >= 4 is 15.9 Å².